The summed E-state index contributed by atoms with van der Waals surface area (Å²) in [7, 11) is 0. The van der Waals surface area contributed by atoms with E-state index >= 15 is 0 Å². The van der Waals surface area contributed by atoms with Crippen LogP contribution >= 0.6 is 0 Å². The van der Waals surface area contributed by atoms with Crippen LogP contribution < -0.4 is 0 Å². The molecule has 1 unspecified atom stereocenters. The van der Waals surface area contributed by atoms with E-state index in [1.54, 1.807) is 30.7 Å². The van der Waals surface area contributed by atoms with Crippen molar-refractivity contribution in [2.45, 2.75) is 19.6 Å². The third kappa shape index (κ3) is 4.04. The quantitative estimate of drug-likeness (QED) is 0.630. The first-order valence-electron chi connectivity index (χ1n) is 10.6. The number of fused-ring (bicyclic) bond motifs is 1. The van der Waals surface area contributed by atoms with Gasteiger partial charge in [-0.05, 0) is 25.1 Å². The molecule has 2 aliphatic heterocycles. The third-order valence-corrected chi connectivity index (χ3v) is 5.92. The van der Waals surface area contributed by atoms with Gasteiger partial charge >= 0.3 is 0 Å². The fourth-order valence-corrected chi connectivity index (χ4v) is 4.21. The second-order valence-electron chi connectivity index (χ2n) is 7.91. The van der Waals surface area contributed by atoms with Gasteiger partial charge in [0, 0.05) is 50.3 Å². The molecule has 2 fully saturated rings. The Morgan fingerprint density at radius 2 is 2.03 bits per heavy atom. The van der Waals surface area contributed by atoms with Gasteiger partial charge in [0.25, 0.3) is 5.91 Å². The van der Waals surface area contributed by atoms with E-state index in [1.165, 1.54) is 0 Å². The van der Waals surface area contributed by atoms with E-state index in [0.29, 0.717) is 25.3 Å². The molecule has 31 heavy (non-hydrogen) atoms. The Morgan fingerprint density at radius 1 is 1.16 bits per heavy atom. The zero-order valence-electron chi connectivity index (χ0n) is 17.6. The second-order valence-corrected chi connectivity index (χ2v) is 7.91. The lowest BCUT2D eigenvalue weighted by molar-refractivity contribution is -0.0257. The molecule has 1 amide bonds. The normalized spacial score (nSPS) is 20.3. The molecule has 3 aromatic rings. The molecule has 5 heterocycles. The van der Waals surface area contributed by atoms with Crippen LogP contribution in [0.3, 0.4) is 0 Å². The highest BCUT2D eigenvalue weighted by Gasteiger charge is 2.29. The van der Waals surface area contributed by atoms with Crippen molar-refractivity contribution in [3.05, 3.63) is 59.3 Å². The minimum Gasteiger partial charge on any atom is -0.379 e. The number of morpholine rings is 2. The smallest absolute Gasteiger partial charge is 0.255 e. The van der Waals surface area contributed by atoms with E-state index in [0.717, 1.165) is 55.4 Å². The zero-order valence-corrected chi connectivity index (χ0v) is 17.6. The maximum Gasteiger partial charge on any atom is 0.255 e. The summed E-state index contributed by atoms with van der Waals surface area (Å²) < 4.78 is 13.4. The number of amides is 1. The fourth-order valence-electron chi connectivity index (χ4n) is 4.21. The number of rotatable bonds is 4. The number of pyridine rings is 1. The average molecular weight is 422 g/mol. The summed E-state index contributed by atoms with van der Waals surface area (Å²) in [5.74, 6) is -0.0312. The Balaban J connectivity index is 1.40. The average Bonchev–Trinajstić information content (AvgIpc) is 3.15. The summed E-state index contributed by atoms with van der Waals surface area (Å²) in [6.07, 6.45) is 4.81. The molecule has 9 heteroatoms. The second kappa shape index (κ2) is 8.70. The van der Waals surface area contributed by atoms with Crippen LogP contribution in [-0.2, 0) is 16.0 Å². The summed E-state index contributed by atoms with van der Waals surface area (Å²) in [6, 6.07) is 5.50. The van der Waals surface area contributed by atoms with Gasteiger partial charge in [-0.3, -0.25) is 14.7 Å². The van der Waals surface area contributed by atoms with Gasteiger partial charge in [-0.25, -0.2) is 9.50 Å². The first-order valence-corrected chi connectivity index (χ1v) is 10.6. The van der Waals surface area contributed by atoms with Crippen LogP contribution in [0.25, 0.3) is 5.65 Å². The number of ether oxygens (including phenoxy) is 2. The Morgan fingerprint density at radius 3 is 2.84 bits per heavy atom. The van der Waals surface area contributed by atoms with E-state index < -0.39 is 0 Å². The Bertz CT molecular complexity index is 1060. The minimum atomic E-state index is -0.268. The highest BCUT2D eigenvalue weighted by atomic mass is 16.5. The maximum absolute atomic E-state index is 12.9. The molecule has 0 aromatic carbocycles. The van der Waals surface area contributed by atoms with Crippen LogP contribution in [0.2, 0.25) is 0 Å². The monoisotopic (exact) mass is 422 g/mol. The van der Waals surface area contributed by atoms with Crippen LogP contribution in [-0.4, -0.2) is 81.3 Å². The minimum absolute atomic E-state index is 0.0312. The molecule has 3 aromatic heterocycles. The molecule has 1 atom stereocenters. The Kier molecular flexibility index (Phi) is 5.63. The van der Waals surface area contributed by atoms with E-state index in [4.69, 9.17) is 14.6 Å². The predicted molar refractivity (Wildman–Crippen MR) is 113 cm³/mol. The van der Waals surface area contributed by atoms with Gasteiger partial charge < -0.3 is 14.4 Å². The van der Waals surface area contributed by atoms with E-state index in [2.05, 4.69) is 14.9 Å². The topological polar surface area (TPSA) is 85.1 Å². The van der Waals surface area contributed by atoms with Crippen LogP contribution in [0, 0.1) is 6.92 Å². The zero-order chi connectivity index (χ0) is 21.2. The van der Waals surface area contributed by atoms with Crippen LogP contribution in [0.15, 0.2) is 36.8 Å². The molecule has 0 bridgehead atoms. The van der Waals surface area contributed by atoms with E-state index in [9.17, 15) is 4.79 Å². The molecule has 0 aliphatic carbocycles. The first-order chi connectivity index (χ1) is 15.2. The van der Waals surface area contributed by atoms with E-state index in [1.807, 2.05) is 22.4 Å². The number of carbonyl (C=O) groups is 1. The van der Waals surface area contributed by atoms with Crippen LogP contribution in [0.5, 0.6) is 0 Å². The van der Waals surface area contributed by atoms with Gasteiger partial charge in [-0.1, -0.05) is 0 Å². The number of aromatic nitrogens is 4. The molecular formula is C22H26N6O3. The Hall–Kier alpha value is -2.88. The van der Waals surface area contributed by atoms with Gasteiger partial charge in [0.15, 0.2) is 5.65 Å². The van der Waals surface area contributed by atoms with Crippen molar-refractivity contribution >= 4 is 11.6 Å². The van der Waals surface area contributed by atoms with Crippen molar-refractivity contribution < 1.29 is 14.3 Å². The summed E-state index contributed by atoms with van der Waals surface area (Å²) in [5, 5.41) is 4.78. The van der Waals surface area contributed by atoms with Gasteiger partial charge in [0.2, 0.25) is 0 Å². The van der Waals surface area contributed by atoms with Crippen molar-refractivity contribution in [3.8, 4) is 0 Å². The number of aryl methyl sites for hydroxylation is 1. The molecular weight excluding hydrogens is 396 g/mol. The molecule has 0 radical (unpaired) electrons. The Labute approximate surface area is 180 Å². The molecule has 0 spiro atoms. The standard InChI is InChI=1S/C22H26N6O3/c1-16-18(14-26-7-10-30-11-8-26)21-24-6-4-19(28(21)25-16)20-15-27(9-12-31-20)22(29)17-3-2-5-23-13-17/h2-6,13,20H,7-12,14-15H2,1H3. The van der Waals surface area contributed by atoms with E-state index in [-0.39, 0.29) is 12.0 Å². The molecule has 2 saturated heterocycles. The van der Waals surface area contributed by atoms with Crippen molar-refractivity contribution in [3.63, 3.8) is 0 Å². The molecule has 2 aliphatic rings. The summed E-state index contributed by atoms with van der Waals surface area (Å²) in [6.45, 7) is 7.65. The fraction of sp³-hybridized carbons (Fsp3) is 0.455. The lowest BCUT2D eigenvalue weighted by Gasteiger charge is -2.33. The van der Waals surface area contributed by atoms with Gasteiger partial charge in [-0.15, -0.1) is 0 Å². The lowest BCUT2D eigenvalue weighted by Crippen LogP contribution is -2.42. The molecule has 162 valence electrons. The molecule has 0 N–H and O–H groups in total. The van der Waals surface area contributed by atoms with Crippen molar-refractivity contribution in [2.75, 3.05) is 46.0 Å². The number of nitrogens with zero attached hydrogens (tertiary/aromatic N) is 6. The van der Waals surface area contributed by atoms with Crippen LogP contribution in [0.4, 0.5) is 0 Å². The number of hydrogen-bond donors (Lipinski definition) is 0. The van der Waals surface area contributed by atoms with Gasteiger partial charge in [-0.2, -0.15) is 5.10 Å². The summed E-state index contributed by atoms with van der Waals surface area (Å²) >= 11 is 0. The van der Waals surface area contributed by atoms with Crippen molar-refractivity contribution in [2.24, 2.45) is 0 Å². The third-order valence-electron chi connectivity index (χ3n) is 5.92. The van der Waals surface area contributed by atoms with Crippen molar-refractivity contribution in [1.29, 1.82) is 0 Å². The summed E-state index contributed by atoms with van der Waals surface area (Å²) in [4.78, 5) is 25.8. The largest absolute Gasteiger partial charge is 0.379 e. The maximum atomic E-state index is 12.9. The van der Waals surface area contributed by atoms with Crippen molar-refractivity contribution in [1.82, 2.24) is 29.4 Å². The highest BCUT2D eigenvalue weighted by molar-refractivity contribution is 5.93. The molecule has 5 rings (SSSR count). The molecule has 9 nitrogen and oxygen atoms in total. The van der Waals surface area contributed by atoms with Crippen LogP contribution in [0.1, 0.15) is 33.4 Å². The predicted octanol–water partition coefficient (Wildman–Crippen LogP) is 1.48. The lowest BCUT2D eigenvalue weighted by atomic mass is 10.1. The van der Waals surface area contributed by atoms with Gasteiger partial charge in [0.1, 0.15) is 6.10 Å². The number of carbonyl (C=O) groups excluding carboxylic acids is 1. The molecule has 0 saturated carbocycles. The number of hydrogen-bond acceptors (Lipinski definition) is 7. The summed E-state index contributed by atoms with van der Waals surface area (Å²) in [5.41, 5.74) is 4.44. The first kappa shape index (κ1) is 20.0. The van der Waals surface area contributed by atoms with Gasteiger partial charge in [0.05, 0.1) is 43.3 Å². The highest BCUT2D eigenvalue weighted by Crippen LogP contribution is 2.26. The SMILES string of the molecule is Cc1nn2c(C3CN(C(=O)c4cccnc4)CCO3)ccnc2c1CN1CCOCC1.